The molecule has 0 saturated heterocycles. The zero-order chi connectivity index (χ0) is 9.40. The van der Waals surface area contributed by atoms with E-state index in [2.05, 4.69) is 5.92 Å². The second-order valence-corrected chi connectivity index (χ2v) is 2.12. The highest BCUT2D eigenvalue weighted by Gasteiger charge is 2.01. The van der Waals surface area contributed by atoms with E-state index >= 15 is 0 Å². The van der Waals surface area contributed by atoms with E-state index in [-0.39, 0.29) is 0 Å². The van der Waals surface area contributed by atoms with Gasteiger partial charge in [0.2, 0.25) is 0 Å². The smallest absolute Gasteiger partial charge is 0.271 e. The molecule has 0 spiro atoms. The summed E-state index contributed by atoms with van der Waals surface area (Å²) in [6.45, 7) is 1.60. The Kier molecular flexibility index (Phi) is 6.39. The molecule has 0 aliphatic rings. The molecule has 0 saturated carbocycles. The van der Waals surface area contributed by atoms with Crippen molar-refractivity contribution in [3.8, 4) is 12.3 Å². The molecule has 0 bridgehead atoms. The summed E-state index contributed by atoms with van der Waals surface area (Å²) >= 11 is 0. The van der Waals surface area contributed by atoms with Gasteiger partial charge in [-0.2, -0.15) is 0 Å². The third-order valence-corrected chi connectivity index (χ3v) is 1.23. The van der Waals surface area contributed by atoms with E-state index in [9.17, 15) is 0 Å². The van der Waals surface area contributed by atoms with Crippen LogP contribution in [0.25, 0.3) is 0 Å². The maximum absolute atomic E-state index is 5.12. The van der Waals surface area contributed by atoms with Crippen molar-refractivity contribution in [1.29, 1.82) is 0 Å². The third-order valence-electron chi connectivity index (χ3n) is 1.23. The number of allylic oxidation sites excluding steroid dienone is 1. The number of hydrogen-bond acceptors (Lipinski definition) is 3. The van der Waals surface area contributed by atoms with Gasteiger partial charge in [0.15, 0.2) is 0 Å². The molecule has 0 aromatic carbocycles. The van der Waals surface area contributed by atoms with E-state index < -0.39 is 6.48 Å². The monoisotopic (exact) mass is 170 g/mol. The van der Waals surface area contributed by atoms with Crippen molar-refractivity contribution in [3.05, 3.63) is 11.6 Å². The van der Waals surface area contributed by atoms with Gasteiger partial charge in [-0.25, -0.2) is 0 Å². The first-order valence-electron chi connectivity index (χ1n) is 3.55. The van der Waals surface area contributed by atoms with Crippen molar-refractivity contribution in [3.63, 3.8) is 0 Å². The van der Waals surface area contributed by atoms with E-state index in [4.69, 9.17) is 20.6 Å². The van der Waals surface area contributed by atoms with Gasteiger partial charge in [-0.15, -0.1) is 6.42 Å². The fourth-order valence-corrected chi connectivity index (χ4v) is 0.543. The first-order chi connectivity index (χ1) is 5.74. The first kappa shape index (κ1) is 11.2. The molecule has 12 heavy (non-hydrogen) atoms. The van der Waals surface area contributed by atoms with E-state index in [1.165, 1.54) is 14.2 Å². The topological polar surface area (TPSA) is 27.7 Å². The molecule has 0 aromatic heterocycles. The lowest BCUT2D eigenvalue weighted by Gasteiger charge is -2.11. The van der Waals surface area contributed by atoms with Crippen molar-refractivity contribution in [2.45, 2.75) is 13.4 Å². The van der Waals surface area contributed by atoms with Crippen LogP contribution in [0.5, 0.6) is 0 Å². The SMILES string of the molecule is C#C/C(C)=C\COC(OC)OC. The molecule has 0 rings (SSSR count). The minimum absolute atomic E-state index is 0.391. The summed E-state index contributed by atoms with van der Waals surface area (Å²) in [7, 11) is 3.01. The lowest BCUT2D eigenvalue weighted by atomic mass is 10.3. The van der Waals surface area contributed by atoms with Crippen LogP contribution in [0.15, 0.2) is 11.6 Å². The van der Waals surface area contributed by atoms with E-state index in [0.29, 0.717) is 6.61 Å². The summed E-state index contributed by atoms with van der Waals surface area (Å²) in [4.78, 5) is 0. The largest absolute Gasteiger partial charge is 0.333 e. The Hall–Kier alpha value is -0.820. The molecule has 0 unspecified atom stereocenters. The zero-order valence-corrected chi connectivity index (χ0v) is 7.66. The Morgan fingerprint density at radius 2 is 2.08 bits per heavy atom. The van der Waals surface area contributed by atoms with Gasteiger partial charge >= 0.3 is 0 Å². The summed E-state index contributed by atoms with van der Waals surface area (Å²) in [6, 6.07) is 0. The van der Waals surface area contributed by atoms with E-state index in [1.54, 1.807) is 6.08 Å². The van der Waals surface area contributed by atoms with Crippen LogP contribution in [-0.4, -0.2) is 27.3 Å². The summed E-state index contributed by atoms with van der Waals surface area (Å²) in [5.74, 6) is 2.47. The molecule has 0 N–H and O–H groups in total. The standard InChI is InChI=1S/C9H14O3/c1-5-8(2)6-7-12-9(10-3)11-4/h1,6,9H,7H2,2-4H3/b8-6-. The van der Waals surface area contributed by atoms with Crippen LogP contribution < -0.4 is 0 Å². The van der Waals surface area contributed by atoms with Gasteiger partial charge in [-0.3, -0.25) is 0 Å². The van der Waals surface area contributed by atoms with Crippen LogP contribution >= 0.6 is 0 Å². The predicted molar refractivity (Wildman–Crippen MR) is 46.3 cm³/mol. The van der Waals surface area contributed by atoms with Gasteiger partial charge in [0.1, 0.15) is 0 Å². The van der Waals surface area contributed by atoms with E-state index in [1.807, 2.05) is 6.92 Å². The average Bonchev–Trinajstić information content (AvgIpc) is 2.12. The molecule has 0 amide bonds. The Morgan fingerprint density at radius 1 is 1.50 bits per heavy atom. The lowest BCUT2D eigenvalue weighted by Crippen LogP contribution is -2.17. The van der Waals surface area contributed by atoms with Gasteiger partial charge in [0.25, 0.3) is 6.48 Å². The zero-order valence-electron chi connectivity index (χ0n) is 7.66. The van der Waals surface area contributed by atoms with Crippen LogP contribution in [0.2, 0.25) is 0 Å². The Morgan fingerprint density at radius 3 is 2.50 bits per heavy atom. The fourth-order valence-electron chi connectivity index (χ4n) is 0.543. The number of rotatable bonds is 5. The van der Waals surface area contributed by atoms with Crippen molar-refractivity contribution in [1.82, 2.24) is 0 Å². The number of methoxy groups -OCH3 is 2. The molecule has 3 nitrogen and oxygen atoms in total. The Labute approximate surface area is 73.3 Å². The number of ether oxygens (including phenoxy) is 3. The molecule has 0 aliphatic heterocycles. The third kappa shape index (κ3) is 4.91. The van der Waals surface area contributed by atoms with Crippen molar-refractivity contribution in [2.24, 2.45) is 0 Å². The van der Waals surface area contributed by atoms with Crippen LogP contribution in [0.3, 0.4) is 0 Å². The lowest BCUT2D eigenvalue weighted by molar-refractivity contribution is -0.260. The highest BCUT2D eigenvalue weighted by Crippen LogP contribution is 1.95. The quantitative estimate of drug-likeness (QED) is 0.457. The van der Waals surface area contributed by atoms with Crippen molar-refractivity contribution >= 4 is 0 Å². The average molecular weight is 170 g/mol. The Bertz CT molecular complexity index is 175. The molecular formula is C9H14O3. The molecule has 0 aromatic rings. The molecule has 0 atom stereocenters. The second-order valence-electron chi connectivity index (χ2n) is 2.12. The number of terminal acetylenes is 1. The molecule has 0 fully saturated rings. The molecule has 0 heterocycles. The highest BCUT2D eigenvalue weighted by molar-refractivity contribution is 5.22. The molecule has 0 radical (unpaired) electrons. The highest BCUT2D eigenvalue weighted by atomic mass is 16.8. The number of hydrogen-bond donors (Lipinski definition) is 0. The van der Waals surface area contributed by atoms with Gasteiger partial charge in [-0.05, 0) is 18.6 Å². The predicted octanol–water partition coefficient (Wildman–Crippen LogP) is 1.16. The molecule has 0 aliphatic carbocycles. The maximum atomic E-state index is 5.12. The molecule has 68 valence electrons. The first-order valence-corrected chi connectivity index (χ1v) is 3.55. The summed E-state index contributed by atoms with van der Waals surface area (Å²) in [5, 5.41) is 0. The van der Waals surface area contributed by atoms with Crippen molar-refractivity contribution < 1.29 is 14.2 Å². The summed E-state index contributed by atoms with van der Waals surface area (Å²) in [6.07, 6.45) is 6.90. The minimum atomic E-state index is -0.619. The van der Waals surface area contributed by atoms with Gasteiger partial charge in [0, 0.05) is 14.2 Å². The fraction of sp³-hybridized carbons (Fsp3) is 0.556. The minimum Gasteiger partial charge on any atom is -0.333 e. The van der Waals surface area contributed by atoms with Crippen LogP contribution in [0.1, 0.15) is 6.92 Å². The van der Waals surface area contributed by atoms with Crippen LogP contribution in [-0.2, 0) is 14.2 Å². The molecule has 3 heteroatoms. The molecular weight excluding hydrogens is 156 g/mol. The Balaban J connectivity index is 3.62. The maximum Gasteiger partial charge on any atom is 0.271 e. The van der Waals surface area contributed by atoms with Gasteiger partial charge < -0.3 is 14.2 Å². The van der Waals surface area contributed by atoms with Crippen molar-refractivity contribution in [2.75, 3.05) is 20.8 Å². The normalized spacial score (nSPS) is 11.8. The van der Waals surface area contributed by atoms with Gasteiger partial charge in [-0.1, -0.05) is 5.92 Å². The van der Waals surface area contributed by atoms with E-state index in [0.717, 1.165) is 5.57 Å². The second kappa shape index (κ2) is 6.86. The summed E-state index contributed by atoms with van der Waals surface area (Å²) < 4.78 is 14.7. The van der Waals surface area contributed by atoms with Crippen LogP contribution in [0.4, 0.5) is 0 Å². The van der Waals surface area contributed by atoms with Gasteiger partial charge in [0.05, 0.1) is 6.61 Å². The van der Waals surface area contributed by atoms with Crippen LogP contribution in [0, 0.1) is 12.3 Å². The summed E-state index contributed by atoms with van der Waals surface area (Å²) in [5.41, 5.74) is 0.834.